The Balaban J connectivity index is 0.00000363. The van der Waals surface area contributed by atoms with Crippen LogP contribution >= 0.6 is 24.0 Å². The Morgan fingerprint density at radius 1 is 1.09 bits per heavy atom. The second-order valence-electron chi connectivity index (χ2n) is 7.08. The topological polar surface area (TPSA) is 70.3 Å². The number of guanidine groups is 1. The normalized spacial score (nSPS) is 14.8. The maximum Gasteiger partial charge on any atom is 0.411 e. The molecule has 1 saturated heterocycles. The van der Waals surface area contributed by atoms with Crippen LogP contribution in [0.4, 0.5) is 13.2 Å². The minimum atomic E-state index is -4.32. The van der Waals surface area contributed by atoms with Crippen LogP contribution in [0.3, 0.4) is 0 Å². The van der Waals surface area contributed by atoms with Crippen molar-refractivity contribution in [1.29, 1.82) is 0 Å². The number of halogens is 4. The number of hydrogen-bond acceptors (Lipinski definition) is 4. The predicted molar refractivity (Wildman–Crippen MR) is 124 cm³/mol. The lowest BCUT2D eigenvalue weighted by Gasteiger charge is -2.36. The summed E-state index contributed by atoms with van der Waals surface area (Å²) in [6, 6.07) is 10.5. The van der Waals surface area contributed by atoms with E-state index in [0.29, 0.717) is 44.0 Å². The molecule has 0 unspecified atom stereocenters. The maximum absolute atomic E-state index is 12.4. The molecule has 11 heteroatoms. The molecule has 1 aliphatic rings. The molecule has 0 saturated carbocycles. The van der Waals surface area contributed by atoms with E-state index in [1.54, 1.807) is 36.2 Å². The molecular formula is C21H26F3IN4O3. The number of nitrogens with one attached hydrogen (secondary N) is 1. The van der Waals surface area contributed by atoms with Gasteiger partial charge in [0.15, 0.2) is 11.7 Å². The number of furan rings is 1. The molecule has 0 spiro atoms. The molecule has 1 aromatic carbocycles. The highest BCUT2D eigenvalue weighted by Gasteiger charge is 2.27. The number of nitrogens with zero attached hydrogens (tertiary/aromatic N) is 3. The van der Waals surface area contributed by atoms with Crippen molar-refractivity contribution >= 4 is 35.8 Å². The second kappa shape index (κ2) is 12.1. The SMILES string of the molecule is CN=C(NCc1ccc(COCC(F)(F)F)cc1)N1CCN(C(=O)c2ccco2)CC1.I. The maximum atomic E-state index is 12.4. The first-order valence-electron chi connectivity index (χ1n) is 9.86. The summed E-state index contributed by atoms with van der Waals surface area (Å²) in [5.41, 5.74) is 1.64. The van der Waals surface area contributed by atoms with Gasteiger partial charge in [-0.05, 0) is 23.3 Å². The molecule has 2 aromatic rings. The second-order valence-corrected chi connectivity index (χ2v) is 7.08. The van der Waals surface area contributed by atoms with Crippen LogP contribution in [0.15, 0.2) is 52.1 Å². The molecular weight excluding hydrogens is 540 g/mol. The van der Waals surface area contributed by atoms with E-state index in [4.69, 9.17) is 4.42 Å². The van der Waals surface area contributed by atoms with Crippen LogP contribution in [0.5, 0.6) is 0 Å². The number of hydrogen-bond donors (Lipinski definition) is 1. The highest BCUT2D eigenvalue weighted by molar-refractivity contribution is 14.0. The molecule has 1 aliphatic heterocycles. The summed E-state index contributed by atoms with van der Waals surface area (Å²) >= 11 is 0. The average molecular weight is 566 g/mol. The quantitative estimate of drug-likeness (QED) is 0.330. The van der Waals surface area contributed by atoms with Gasteiger partial charge in [-0.3, -0.25) is 9.79 Å². The zero-order valence-electron chi connectivity index (χ0n) is 17.6. The first-order valence-corrected chi connectivity index (χ1v) is 9.86. The summed E-state index contributed by atoms with van der Waals surface area (Å²) in [5, 5.41) is 3.28. The smallest absolute Gasteiger partial charge is 0.411 e. The molecule has 0 bridgehead atoms. The summed E-state index contributed by atoms with van der Waals surface area (Å²) in [5.74, 6) is 0.942. The van der Waals surface area contributed by atoms with Crippen molar-refractivity contribution < 1.29 is 27.1 Å². The summed E-state index contributed by atoms with van der Waals surface area (Å²) in [6.45, 7) is 1.58. The standard InChI is InChI=1S/C21H25F3N4O3.HI/c1-25-20(28-10-8-27(9-11-28)19(29)18-3-2-12-31-18)26-13-16-4-6-17(7-5-16)14-30-15-21(22,23)24;/h2-7,12H,8-11,13-15H2,1H3,(H,25,26);1H. The summed E-state index contributed by atoms with van der Waals surface area (Å²) < 4.78 is 46.3. The van der Waals surface area contributed by atoms with Crippen molar-refractivity contribution in [2.24, 2.45) is 4.99 Å². The largest absolute Gasteiger partial charge is 0.459 e. The van der Waals surface area contributed by atoms with Gasteiger partial charge in [-0.25, -0.2) is 0 Å². The first kappa shape index (κ1) is 26.0. The minimum absolute atomic E-state index is 0. The molecule has 2 heterocycles. The lowest BCUT2D eigenvalue weighted by Crippen LogP contribution is -2.53. The van der Waals surface area contributed by atoms with Gasteiger partial charge in [-0.1, -0.05) is 24.3 Å². The van der Waals surface area contributed by atoms with Gasteiger partial charge < -0.3 is 24.3 Å². The highest BCUT2D eigenvalue weighted by Crippen LogP contribution is 2.16. The number of rotatable bonds is 6. The van der Waals surface area contributed by atoms with E-state index in [0.717, 1.165) is 11.5 Å². The molecule has 3 rings (SSSR count). The van der Waals surface area contributed by atoms with E-state index in [1.165, 1.54) is 6.26 Å². The molecule has 0 aliphatic carbocycles. The molecule has 1 amide bonds. The van der Waals surface area contributed by atoms with Gasteiger partial charge >= 0.3 is 6.18 Å². The third-order valence-corrected chi connectivity index (χ3v) is 4.82. The van der Waals surface area contributed by atoms with Gasteiger partial charge in [-0.15, -0.1) is 24.0 Å². The number of piperazine rings is 1. The summed E-state index contributed by atoms with van der Waals surface area (Å²) in [4.78, 5) is 20.5. The molecule has 1 N–H and O–H groups in total. The van der Waals surface area contributed by atoms with Gasteiger partial charge in [0.25, 0.3) is 5.91 Å². The lowest BCUT2D eigenvalue weighted by atomic mass is 10.1. The van der Waals surface area contributed by atoms with Gasteiger partial charge in [-0.2, -0.15) is 13.2 Å². The van der Waals surface area contributed by atoms with Crippen LogP contribution < -0.4 is 5.32 Å². The fraction of sp³-hybridized carbons (Fsp3) is 0.429. The number of benzene rings is 1. The highest BCUT2D eigenvalue weighted by atomic mass is 127. The van der Waals surface area contributed by atoms with Crippen LogP contribution in [-0.2, 0) is 17.9 Å². The van der Waals surface area contributed by atoms with Crippen molar-refractivity contribution in [1.82, 2.24) is 15.1 Å². The number of carbonyl (C=O) groups is 1. The van der Waals surface area contributed by atoms with E-state index < -0.39 is 12.8 Å². The Labute approximate surface area is 201 Å². The number of aliphatic imine (C=N–C) groups is 1. The van der Waals surface area contributed by atoms with Crippen LogP contribution in [-0.4, -0.2) is 67.7 Å². The number of carbonyl (C=O) groups excluding carboxylic acids is 1. The minimum Gasteiger partial charge on any atom is -0.459 e. The summed E-state index contributed by atoms with van der Waals surface area (Å²) in [6.07, 6.45) is -2.84. The zero-order valence-corrected chi connectivity index (χ0v) is 19.9. The van der Waals surface area contributed by atoms with Gasteiger partial charge in [0.2, 0.25) is 0 Å². The van der Waals surface area contributed by atoms with E-state index >= 15 is 0 Å². The molecule has 176 valence electrons. The Hall–Kier alpha value is -2.28. The predicted octanol–water partition coefficient (Wildman–Crippen LogP) is 3.51. The van der Waals surface area contributed by atoms with Crippen molar-refractivity contribution in [2.75, 3.05) is 39.8 Å². The molecule has 7 nitrogen and oxygen atoms in total. The van der Waals surface area contributed by atoms with Gasteiger partial charge in [0.1, 0.15) is 6.61 Å². The third-order valence-electron chi connectivity index (χ3n) is 4.82. The fourth-order valence-corrected chi connectivity index (χ4v) is 3.23. The molecule has 1 fully saturated rings. The Morgan fingerprint density at radius 2 is 1.72 bits per heavy atom. The van der Waals surface area contributed by atoms with E-state index in [-0.39, 0.29) is 36.5 Å². The fourth-order valence-electron chi connectivity index (χ4n) is 3.23. The number of amides is 1. The van der Waals surface area contributed by atoms with Crippen molar-refractivity contribution in [3.05, 3.63) is 59.5 Å². The van der Waals surface area contributed by atoms with Crippen LogP contribution in [0.25, 0.3) is 0 Å². The van der Waals surface area contributed by atoms with Crippen molar-refractivity contribution in [3.8, 4) is 0 Å². The molecule has 0 radical (unpaired) electrons. The first-order chi connectivity index (χ1) is 14.9. The lowest BCUT2D eigenvalue weighted by molar-refractivity contribution is -0.176. The number of alkyl halides is 3. The van der Waals surface area contributed by atoms with Gasteiger partial charge in [0.05, 0.1) is 12.9 Å². The summed E-state index contributed by atoms with van der Waals surface area (Å²) in [7, 11) is 1.70. The van der Waals surface area contributed by atoms with Crippen molar-refractivity contribution in [3.63, 3.8) is 0 Å². The van der Waals surface area contributed by atoms with E-state index in [9.17, 15) is 18.0 Å². The third kappa shape index (κ3) is 7.69. The average Bonchev–Trinajstić information content (AvgIpc) is 3.29. The van der Waals surface area contributed by atoms with Crippen LogP contribution in [0.2, 0.25) is 0 Å². The van der Waals surface area contributed by atoms with E-state index in [1.807, 2.05) is 12.1 Å². The monoisotopic (exact) mass is 566 g/mol. The van der Waals surface area contributed by atoms with E-state index in [2.05, 4.69) is 19.9 Å². The van der Waals surface area contributed by atoms with Gasteiger partial charge in [0, 0.05) is 39.8 Å². The Kier molecular flexibility index (Phi) is 9.82. The molecule has 0 atom stereocenters. The Bertz CT molecular complexity index is 865. The zero-order chi connectivity index (χ0) is 22.3. The van der Waals surface area contributed by atoms with Crippen molar-refractivity contribution in [2.45, 2.75) is 19.3 Å². The Morgan fingerprint density at radius 3 is 2.28 bits per heavy atom. The van der Waals surface area contributed by atoms with Crippen LogP contribution in [0, 0.1) is 0 Å². The molecule has 1 aromatic heterocycles. The van der Waals surface area contributed by atoms with Crippen LogP contribution in [0.1, 0.15) is 21.7 Å². The molecule has 32 heavy (non-hydrogen) atoms. The number of ether oxygens (including phenoxy) is 1.